The van der Waals surface area contributed by atoms with E-state index in [0.717, 1.165) is 26.2 Å². The summed E-state index contributed by atoms with van der Waals surface area (Å²) in [6.45, 7) is 10.1. The molecule has 4 bridgehead atoms. The Hall–Kier alpha value is -1.19. The van der Waals surface area contributed by atoms with Crippen LogP contribution in [0.3, 0.4) is 0 Å². The number of piperidine rings is 2. The van der Waals surface area contributed by atoms with Crippen LogP contribution in [0.15, 0.2) is 24.3 Å². The molecular formula is C17H22N2O. The molecule has 1 aromatic carbocycles. The van der Waals surface area contributed by atoms with Crippen LogP contribution in [0.25, 0.3) is 0 Å². The molecule has 0 radical (unpaired) electrons. The first-order chi connectivity index (χ1) is 9.41. The molecule has 4 aliphatic heterocycles. The summed E-state index contributed by atoms with van der Waals surface area (Å²) in [7, 11) is 0. The maximum absolute atomic E-state index is 12.7. The summed E-state index contributed by atoms with van der Waals surface area (Å²) in [6.07, 6.45) is 0.366. The SMILES string of the molecule is Cc1ccc(C2N3CC4(C)CN2CC(C)(C3)C4=O)cc1. The fraction of sp³-hybridized carbons (Fsp3) is 0.588. The Morgan fingerprint density at radius 2 is 1.40 bits per heavy atom. The minimum Gasteiger partial charge on any atom is -0.298 e. The van der Waals surface area contributed by atoms with Crippen molar-refractivity contribution >= 4 is 5.78 Å². The summed E-state index contributed by atoms with van der Waals surface area (Å²) in [5, 5.41) is 0. The highest BCUT2D eigenvalue weighted by Gasteiger charge is 2.61. The highest BCUT2D eigenvalue weighted by Crippen LogP contribution is 2.51. The zero-order valence-corrected chi connectivity index (χ0v) is 12.5. The molecule has 0 N–H and O–H groups in total. The van der Waals surface area contributed by atoms with Crippen molar-refractivity contribution in [2.45, 2.75) is 26.9 Å². The van der Waals surface area contributed by atoms with Gasteiger partial charge in [-0.15, -0.1) is 0 Å². The summed E-state index contributed by atoms with van der Waals surface area (Å²) in [5.74, 6) is 0.486. The molecule has 4 aliphatic rings. The van der Waals surface area contributed by atoms with E-state index in [4.69, 9.17) is 0 Å². The van der Waals surface area contributed by atoms with Crippen molar-refractivity contribution < 1.29 is 4.79 Å². The number of nitrogens with zero attached hydrogens (tertiary/aromatic N) is 2. The highest BCUT2D eigenvalue weighted by atomic mass is 16.1. The van der Waals surface area contributed by atoms with E-state index in [1.54, 1.807) is 0 Å². The number of aryl methyl sites for hydroxylation is 1. The number of hydrogen-bond donors (Lipinski definition) is 0. The van der Waals surface area contributed by atoms with Crippen LogP contribution >= 0.6 is 0 Å². The van der Waals surface area contributed by atoms with Crippen LogP contribution < -0.4 is 0 Å². The lowest BCUT2D eigenvalue weighted by Crippen LogP contribution is -2.75. The van der Waals surface area contributed by atoms with E-state index < -0.39 is 0 Å². The maximum Gasteiger partial charge on any atom is 0.149 e. The molecular weight excluding hydrogens is 248 g/mol. The Labute approximate surface area is 120 Å². The third kappa shape index (κ3) is 1.51. The smallest absolute Gasteiger partial charge is 0.149 e. The molecule has 1 aromatic rings. The molecule has 4 saturated heterocycles. The molecule has 5 rings (SSSR count). The van der Waals surface area contributed by atoms with Gasteiger partial charge in [-0.3, -0.25) is 14.6 Å². The molecule has 0 amide bonds. The first-order valence-electron chi connectivity index (χ1n) is 7.51. The molecule has 4 fully saturated rings. The van der Waals surface area contributed by atoms with E-state index in [1.807, 2.05) is 0 Å². The van der Waals surface area contributed by atoms with Gasteiger partial charge in [-0.05, 0) is 12.5 Å². The van der Waals surface area contributed by atoms with Crippen LogP contribution in [0.2, 0.25) is 0 Å². The number of rotatable bonds is 1. The van der Waals surface area contributed by atoms with Crippen molar-refractivity contribution in [1.82, 2.24) is 9.80 Å². The lowest BCUT2D eigenvalue weighted by Gasteiger charge is -2.64. The van der Waals surface area contributed by atoms with Crippen molar-refractivity contribution in [2.24, 2.45) is 10.8 Å². The van der Waals surface area contributed by atoms with Gasteiger partial charge in [0.15, 0.2) is 0 Å². The normalized spacial score (nSPS) is 46.0. The van der Waals surface area contributed by atoms with Crippen molar-refractivity contribution in [1.29, 1.82) is 0 Å². The molecule has 106 valence electrons. The van der Waals surface area contributed by atoms with E-state index in [2.05, 4.69) is 54.8 Å². The summed E-state index contributed by atoms with van der Waals surface area (Å²) in [6, 6.07) is 8.87. The first kappa shape index (κ1) is 12.5. The summed E-state index contributed by atoms with van der Waals surface area (Å²) in [4.78, 5) is 17.7. The van der Waals surface area contributed by atoms with E-state index >= 15 is 0 Å². The van der Waals surface area contributed by atoms with Gasteiger partial charge in [0.2, 0.25) is 0 Å². The third-order valence-electron chi connectivity index (χ3n) is 5.37. The van der Waals surface area contributed by atoms with E-state index in [-0.39, 0.29) is 10.8 Å². The number of Topliss-reactive ketones (excluding diaryl/α,β-unsaturated/α-hetero) is 1. The Kier molecular flexibility index (Phi) is 2.33. The summed E-state index contributed by atoms with van der Waals surface area (Å²) in [5.41, 5.74) is 2.35. The van der Waals surface area contributed by atoms with Crippen molar-refractivity contribution in [2.75, 3.05) is 26.2 Å². The fourth-order valence-electron chi connectivity index (χ4n) is 4.76. The molecule has 3 nitrogen and oxygen atoms in total. The zero-order chi connectivity index (χ0) is 14.1. The average Bonchev–Trinajstić information content (AvgIpc) is 2.36. The van der Waals surface area contributed by atoms with Crippen molar-refractivity contribution in [3.05, 3.63) is 35.4 Å². The molecule has 0 unspecified atom stereocenters. The van der Waals surface area contributed by atoms with Crippen molar-refractivity contribution in [3.63, 3.8) is 0 Å². The topological polar surface area (TPSA) is 23.6 Å². The van der Waals surface area contributed by atoms with Gasteiger partial charge in [-0.1, -0.05) is 43.7 Å². The third-order valence-corrected chi connectivity index (χ3v) is 5.37. The molecule has 0 saturated carbocycles. The van der Waals surface area contributed by atoms with Gasteiger partial charge in [-0.25, -0.2) is 0 Å². The van der Waals surface area contributed by atoms with E-state index in [0.29, 0.717) is 11.9 Å². The van der Waals surface area contributed by atoms with Crippen LogP contribution in [0, 0.1) is 17.8 Å². The van der Waals surface area contributed by atoms with Crippen LogP contribution in [0.1, 0.15) is 31.1 Å². The Bertz CT molecular complexity index is 537. The van der Waals surface area contributed by atoms with Gasteiger partial charge < -0.3 is 0 Å². The number of benzene rings is 1. The van der Waals surface area contributed by atoms with Crippen LogP contribution in [0.5, 0.6) is 0 Å². The lowest BCUT2D eigenvalue weighted by atomic mass is 9.62. The Balaban J connectivity index is 1.74. The summed E-state index contributed by atoms with van der Waals surface area (Å²) < 4.78 is 0. The second-order valence-electron chi connectivity index (χ2n) is 7.54. The van der Waals surface area contributed by atoms with Gasteiger partial charge in [0.1, 0.15) is 5.78 Å². The van der Waals surface area contributed by atoms with Gasteiger partial charge in [0.05, 0.1) is 17.0 Å². The average molecular weight is 270 g/mol. The van der Waals surface area contributed by atoms with Gasteiger partial charge in [0.25, 0.3) is 0 Å². The van der Waals surface area contributed by atoms with Crippen molar-refractivity contribution in [3.8, 4) is 0 Å². The summed E-state index contributed by atoms with van der Waals surface area (Å²) >= 11 is 0. The quantitative estimate of drug-likeness (QED) is 0.782. The fourth-order valence-corrected chi connectivity index (χ4v) is 4.76. The van der Waals surface area contributed by atoms with Crippen LogP contribution in [0.4, 0.5) is 0 Å². The Morgan fingerprint density at radius 1 is 0.950 bits per heavy atom. The zero-order valence-electron chi connectivity index (χ0n) is 12.5. The monoisotopic (exact) mass is 270 g/mol. The van der Waals surface area contributed by atoms with Gasteiger partial charge in [-0.2, -0.15) is 0 Å². The first-order valence-corrected chi connectivity index (χ1v) is 7.51. The minimum absolute atomic E-state index is 0.160. The second kappa shape index (κ2) is 3.71. The standard InChI is InChI=1S/C17H22N2O/c1-12-4-6-13(7-5-12)14-18-8-16(2)9-19(14)11-17(3,10-18)15(16)20/h4-7,14H,8-11H2,1-3H3. The molecule has 3 heteroatoms. The lowest BCUT2D eigenvalue weighted by molar-refractivity contribution is -0.197. The number of hydrogen-bond acceptors (Lipinski definition) is 3. The Morgan fingerprint density at radius 3 is 1.85 bits per heavy atom. The number of carbonyl (C=O) groups excluding carboxylic acids is 1. The molecule has 0 atom stereocenters. The maximum atomic E-state index is 12.7. The van der Waals surface area contributed by atoms with Crippen LogP contribution in [-0.4, -0.2) is 41.8 Å². The highest BCUT2D eigenvalue weighted by molar-refractivity contribution is 5.92. The number of carbonyl (C=O) groups is 1. The molecule has 0 spiro atoms. The molecule has 20 heavy (non-hydrogen) atoms. The van der Waals surface area contributed by atoms with E-state index in [1.165, 1.54) is 11.1 Å². The number of ketones is 1. The van der Waals surface area contributed by atoms with Gasteiger partial charge >= 0.3 is 0 Å². The second-order valence-corrected chi connectivity index (χ2v) is 7.54. The van der Waals surface area contributed by atoms with E-state index in [9.17, 15) is 4.79 Å². The predicted molar refractivity (Wildman–Crippen MR) is 78.3 cm³/mol. The molecule has 4 heterocycles. The molecule has 0 aliphatic carbocycles. The predicted octanol–water partition coefficient (Wildman–Crippen LogP) is 2.22. The largest absolute Gasteiger partial charge is 0.298 e. The van der Waals surface area contributed by atoms with Gasteiger partial charge in [0, 0.05) is 26.2 Å². The minimum atomic E-state index is -0.160. The van der Waals surface area contributed by atoms with Crippen LogP contribution in [-0.2, 0) is 4.79 Å². The molecule has 0 aromatic heterocycles.